The highest BCUT2D eigenvalue weighted by molar-refractivity contribution is 5.76. The minimum Gasteiger partial charge on any atom is -0.382 e. The number of nitro benzene ring substituents is 1. The summed E-state index contributed by atoms with van der Waals surface area (Å²) in [5.74, 6) is 0. The lowest BCUT2D eigenvalue weighted by Gasteiger charge is -2.11. The SMILES string of the molecule is C=Cc1cc(C(F)(F)F)cc([N+](=O)[O-])c1NC. The highest BCUT2D eigenvalue weighted by Crippen LogP contribution is 2.37. The van der Waals surface area contributed by atoms with Crippen LogP contribution >= 0.6 is 0 Å². The third-order valence-electron chi connectivity index (χ3n) is 2.14. The van der Waals surface area contributed by atoms with Gasteiger partial charge in [-0.1, -0.05) is 12.7 Å². The Morgan fingerprint density at radius 3 is 2.41 bits per heavy atom. The van der Waals surface area contributed by atoms with Crippen LogP contribution in [-0.2, 0) is 6.18 Å². The van der Waals surface area contributed by atoms with E-state index in [2.05, 4.69) is 11.9 Å². The molecule has 0 saturated carbocycles. The Kier molecular flexibility index (Phi) is 3.40. The fourth-order valence-electron chi connectivity index (χ4n) is 1.39. The predicted octanol–water partition coefficient (Wildman–Crippen LogP) is 3.30. The highest BCUT2D eigenvalue weighted by Gasteiger charge is 2.34. The molecular formula is C10H9F3N2O2. The topological polar surface area (TPSA) is 55.2 Å². The zero-order valence-corrected chi connectivity index (χ0v) is 8.84. The summed E-state index contributed by atoms with van der Waals surface area (Å²) in [6.07, 6.45) is -3.50. The van der Waals surface area contributed by atoms with Gasteiger partial charge < -0.3 is 5.32 Å². The first-order valence-corrected chi connectivity index (χ1v) is 4.51. The molecule has 0 saturated heterocycles. The van der Waals surface area contributed by atoms with Crippen LogP contribution in [0.3, 0.4) is 0 Å². The summed E-state index contributed by atoms with van der Waals surface area (Å²) in [7, 11) is 1.39. The van der Waals surface area contributed by atoms with Crippen molar-refractivity contribution in [3.63, 3.8) is 0 Å². The Balaban J connectivity index is 3.57. The van der Waals surface area contributed by atoms with E-state index in [-0.39, 0.29) is 11.3 Å². The molecule has 0 amide bonds. The predicted molar refractivity (Wildman–Crippen MR) is 57.7 cm³/mol. The fraction of sp³-hybridized carbons (Fsp3) is 0.200. The number of halogens is 3. The molecule has 1 aromatic rings. The van der Waals surface area contributed by atoms with Crippen LogP contribution in [0.25, 0.3) is 6.08 Å². The summed E-state index contributed by atoms with van der Waals surface area (Å²) in [6, 6.07) is 1.31. The van der Waals surface area contributed by atoms with E-state index in [1.54, 1.807) is 0 Å². The second kappa shape index (κ2) is 4.44. The molecule has 0 aliphatic rings. The van der Waals surface area contributed by atoms with Crippen molar-refractivity contribution in [3.8, 4) is 0 Å². The van der Waals surface area contributed by atoms with Gasteiger partial charge in [-0.15, -0.1) is 0 Å². The lowest BCUT2D eigenvalue weighted by molar-refractivity contribution is -0.384. The number of hydrogen-bond acceptors (Lipinski definition) is 3. The molecule has 1 rings (SSSR count). The van der Waals surface area contributed by atoms with Crippen molar-refractivity contribution in [2.45, 2.75) is 6.18 Å². The number of alkyl halides is 3. The number of rotatable bonds is 3. The van der Waals surface area contributed by atoms with E-state index in [0.717, 1.165) is 12.1 Å². The first-order valence-electron chi connectivity index (χ1n) is 4.51. The van der Waals surface area contributed by atoms with Gasteiger partial charge in [-0.25, -0.2) is 0 Å². The van der Waals surface area contributed by atoms with Gasteiger partial charge in [0, 0.05) is 18.7 Å². The van der Waals surface area contributed by atoms with Crippen LogP contribution in [-0.4, -0.2) is 12.0 Å². The quantitative estimate of drug-likeness (QED) is 0.657. The molecular weight excluding hydrogens is 237 g/mol. The van der Waals surface area contributed by atoms with Crippen molar-refractivity contribution in [2.75, 3.05) is 12.4 Å². The van der Waals surface area contributed by atoms with Gasteiger partial charge in [0.15, 0.2) is 0 Å². The second-order valence-corrected chi connectivity index (χ2v) is 3.17. The first-order chi connectivity index (χ1) is 7.81. The van der Waals surface area contributed by atoms with E-state index in [1.807, 2.05) is 0 Å². The van der Waals surface area contributed by atoms with E-state index in [0.29, 0.717) is 6.07 Å². The van der Waals surface area contributed by atoms with Crippen LogP contribution in [0.5, 0.6) is 0 Å². The molecule has 0 radical (unpaired) electrons. The van der Waals surface area contributed by atoms with E-state index in [4.69, 9.17) is 0 Å². The molecule has 0 aromatic heterocycles. The summed E-state index contributed by atoms with van der Waals surface area (Å²) in [5, 5.41) is 13.2. The fourth-order valence-corrected chi connectivity index (χ4v) is 1.39. The van der Waals surface area contributed by atoms with Gasteiger partial charge in [0.05, 0.1) is 10.5 Å². The molecule has 0 fully saturated rings. The number of benzene rings is 1. The zero-order valence-electron chi connectivity index (χ0n) is 8.84. The number of nitro groups is 1. The molecule has 1 N–H and O–H groups in total. The van der Waals surface area contributed by atoms with Crippen molar-refractivity contribution in [1.29, 1.82) is 0 Å². The Morgan fingerprint density at radius 1 is 1.47 bits per heavy atom. The van der Waals surface area contributed by atoms with Gasteiger partial charge >= 0.3 is 6.18 Å². The van der Waals surface area contributed by atoms with Crippen molar-refractivity contribution < 1.29 is 18.1 Å². The molecule has 1 aromatic carbocycles. The van der Waals surface area contributed by atoms with Crippen LogP contribution in [0.1, 0.15) is 11.1 Å². The Morgan fingerprint density at radius 2 is 2.06 bits per heavy atom. The number of anilines is 1. The summed E-state index contributed by atoms with van der Waals surface area (Å²) < 4.78 is 37.5. The minimum absolute atomic E-state index is 0.0120. The third-order valence-corrected chi connectivity index (χ3v) is 2.14. The van der Waals surface area contributed by atoms with Gasteiger partial charge in [-0.2, -0.15) is 13.2 Å². The molecule has 92 valence electrons. The molecule has 0 bridgehead atoms. The Bertz CT molecular complexity index is 469. The maximum absolute atomic E-state index is 12.5. The van der Waals surface area contributed by atoms with Crippen LogP contribution in [0, 0.1) is 10.1 Å². The lowest BCUT2D eigenvalue weighted by atomic mass is 10.1. The number of nitrogens with one attached hydrogen (secondary N) is 1. The van der Waals surface area contributed by atoms with Crippen molar-refractivity contribution in [3.05, 3.63) is 40.0 Å². The number of hydrogen-bond donors (Lipinski definition) is 1. The average molecular weight is 246 g/mol. The maximum atomic E-state index is 12.5. The molecule has 0 spiro atoms. The zero-order chi connectivity index (χ0) is 13.2. The van der Waals surface area contributed by atoms with Crippen LogP contribution in [0.15, 0.2) is 18.7 Å². The average Bonchev–Trinajstić information content (AvgIpc) is 2.25. The van der Waals surface area contributed by atoms with Crippen LogP contribution in [0.2, 0.25) is 0 Å². The second-order valence-electron chi connectivity index (χ2n) is 3.17. The lowest BCUT2D eigenvalue weighted by Crippen LogP contribution is -2.08. The highest BCUT2D eigenvalue weighted by atomic mass is 19.4. The first kappa shape index (κ1) is 13.0. The van der Waals surface area contributed by atoms with Crippen molar-refractivity contribution >= 4 is 17.5 Å². The van der Waals surface area contributed by atoms with Gasteiger partial charge in [0.1, 0.15) is 5.69 Å². The van der Waals surface area contributed by atoms with Crippen molar-refractivity contribution in [2.24, 2.45) is 0 Å². The summed E-state index contributed by atoms with van der Waals surface area (Å²) >= 11 is 0. The smallest absolute Gasteiger partial charge is 0.382 e. The standard InChI is InChI=1S/C10H9F3N2O2/c1-3-6-4-7(10(11,12)13)5-8(15(16)17)9(6)14-2/h3-5,14H,1H2,2H3. The number of nitrogens with zero attached hydrogens (tertiary/aromatic N) is 1. The van der Waals surface area contributed by atoms with Gasteiger partial charge in [-0.05, 0) is 6.07 Å². The maximum Gasteiger partial charge on any atom is 0.416 e. The molecule has 0 aliphatic heterocycles. The van der Waals surface area contributed by atoms with Gasteiger partial charge in [-0.3, -0.25) is 10.1 Å². The molecule has 0 heterocycles. The van der Waals surface area contributed by atoms with E-state index < -0.39 is 22.4 Å². The summed E-state index contributed by atoms with van der Waals surface area (Å²) in [6.45, 7) is 3.33. The van der Waals surface area contributed by atoms with Gasteiger partial charge in [0.2, 0.25) is 0 Å². The third kappa shape index (κ3) is 2.55. The minimum atomic E-state index is -4.63. The van der Waals surface area contributed by atoms with Crippen LogP contribution in [0.4, 0.5) is 24.5 Å². The normalized spacial score (nSPS) is 11.1. The summed E-state index contributed by atoms with van der Waals surface area (Å²) in [5.41, 5.74) is -1.65. The van der Waals surface area contributed by atoms with Crippen molar-refractivity contribution in [1.82, 2.24) is 0 Å². The largest absolute Gasteiger partial charge is 0.416 e. The van der Waals surface area contributed by atoms with E-state index in [1.165, 1.54) is 7.05 Å². The Hall–Kier alpha value is -2.05. The molecule has 17 heavy (non-hydrogen) atoms. The molecule has 7 heteroatoms. The monoisotopic (exact) mass is 246 g/mol. The van der Waals surface area contributed by atoms with E-state index in [9.17, 15) is 23.3 Å². The molecule has 4 nitrogen and oxygen atoms in total. The Labute approximate surface area is 94.9 Å². The molecule has 0 aliphatic carbocycles. The summed E-state index contributed by atoms with van der Waals surface area (Å²) in [4.78, 5) is 9.82. The molecule has 0 unspecified atom stereocenters. The molecule has 0 atom stereocenters. The van der Waals surface area contributed by atoms with Gasteiger partial charge in [0.25, 0.3) is 5.69 Å². The van der Waals surface area contributed by atoms with Crippen LogP contribution < -0.4 is 5.32 Å². The van der Waals surface area contributed by atoms with E-state index >= 15 is 0 Å².